The van der Waals surface area contributed by atoms with E-state index in [4.69, 9.17) is 0 Å². The molecule has 3 heteroatoms. The number of benzene rings is 3. The summed E-state index contributed by atoms with van der Waals surface area (Å²) in [7, 11) is 0. The van der Waals surface area contributed by atoms with Crippen LogP contribution in [-0.4, -0.2) is 0 Å². The predicted molar refractivity (Wildman–Crippen MR) is 125 cm³/mol. The first-order valence-corrected chi connectivity index (χ1v) is 12.8. The maximum atomic E-state index is 2.55. The molecule has 0 radical (unpaired) electrons. The average molecular weight is 544 g/mol. The standard InChI is InChI=1S/C29H33.2ClH.Zr/c1-14-13-24-25(18(5)15(14)2)21(8)28-27-20(7)17(4)16(3)19(6)26(27)22-11-9-10-12-23(22)29(24)28;;;/h9-13,16-17,19,21H,1-8H3;2*1H;/q;;;+2/p-2. The van der Waals surface area contributed by atoms with Crippen molar-refractivity contribution in [2.75, 3.05) is 0 Å². The van der Waals surface area contributed by atoms with Crippen LogP contribution < -0.4 is 24.8 Å². The third-order valence-electron chi connectivity index (χ3n) is 9.10. The van der Waals surface area contributed by atoms with Crippen LogP contribution >= 0.6 is 0 Å². The van der Waals surface area contributed by atoms with Gasteiger partial charge in [-0.3, -0.25) is 0 Å². The summed E-state index contributed by atoms with van der Waals surface area (Å²) in [5.41, 5.74) is 14.0. The summed E-state index contributed by atoms with van der Waals surface area (Å²) in [6.45, 7) is 19.4. The van der Waals surface area contributed by atoms with Gasteiger partial charge in [-0.2, -0.15) is 0 Å². The second-order valence-electron chi connectivity index (χ2n) is 10.4. The third kappa shape index (κ3) is 3.17. The van der Waals surface area contributed by atoms with E-state index in [1.54, 1.807) is 52.5 Å². The minimum absolute atomic E-state index is 0. The quantitative estimate of drug-likeness (QED) is 0.407. The van der Waals surface area contributed by atoms with Crippen LogP contribution in [0.3, 0.4) is 0 Å². The molecule has 0 N–H and O–H groups in total. The fourth-order valence-corrected chi connectivity index (χ4v) is 8.01. The van der Waals surface area contributed by atoms with Gasteiger partial charge < -0.3 is 24.8 Å². The fraction of sp³-hybridized carbons (Fsp3) is 0.448. The third-order valence-corrected chi connectivity index (χ3v) is 10.8. The summed E-state index contributed by atoms with van der Waals surface area (Å²) in [5.74, 6) is 2.47. The molecule has 5 unspecified atom stereocenters. The van der Waals surface area contributed by atoms with Crippen LogP contribution in [0.4, 0.5) is 0 Å². The first-order valence-electron chi connectivity index (χ1n) is 11.5. The molecule has 2 aliphatic rings. The van der Waals surface area contributed by atoms with E-state index in [0.717, 1.165) is 0 Å². The number of hydrogen-bond acceptors (Lipinski definition) is 0. The Morgan fingerprint density at radius 2 is 1.41 bits per heavy atom. The van der Waals surface area contributed by atoms with E-state index < -0.39 is 0 Å². The van der Waals surface area contributed by atoms with Crippen molar-refractivity contribution >= 4 is 10.8 Å². The first-order chi connectivity index (χ1) is 14.1. The van der Waals surface area contributed by atoms with Gasteiger partial charge >= 0.3 is 198 Å². The summed E-state index contributed by atoms with van der Waals surface area (Å²) >= 11 is 1.65. The van der Waals surface area contributed by atoms with E-state index in [1.807, 2.05) is 0 Å². The maximum Gasteiger partial charge on any atom is -1.00 e. The van der Waals surface area contributed by atoms with Gasteiger partial charge in [0, 0.05) is 0 Å². The SMILES string of the molecule is Cc1cc2c(c(C)c1C)C(C)c1c3c(c4ccccc4c1-2)C(C)C(C)C(C)[C]3(C)[Zr+2].[Cl-].[Cl-]. The summed E-state index contributed by atoms with van der Waals surface area (Å²) in [6, 6.07) is 11.8. The molecule has 0 aromatic heterocycles. The van der Waals surface area contributed by atoms with Crippen molar-refractivity contribution in [2.45, 2.75) is 70.3 Å². The average Bonchev–Trinajstić information content (AvgIpc) is 3.00. The van der Waals surface area contributed by atoms with Crippen LogP contribution in [0.1, 0.15) is 85.4 Å². The molecule has 0 nitrogen and oxygen atoms in total. The summed E-state index contributed by atoms with van der Waals surface area (Å²) in [5, 5.41) is 2.97. The molecule has 5 atom stereocenters. The van der Waals surface area contributed by atoms with Crippen LogP contribution in [0.15, 0.2) is 30.3 Å². The topological polar surface area (TPSA) is 0 Å². The molecule has 0 spiro atoms. The zero-order valence-corrected chi connectivity index (χ0v) is 24.4. The monoisotopic (exact) mass is 541 g/mol. The molecule has 0 bridgehead atoms. The van der Waals surface area contributed by atoms with Crippen molar-refractivity contribution in [3.63, 3.8) is 0 Å². The largest absolute Gasteiger partial charge is 1.00 e. The molecule has 3 aromatic rings. The molecule has 0 saturated carbocycles. The van der Waals surface area contributed by atoms with Crippen molar-refractivity contribution in [3.05, 3.63) is 69.3 Å². The molecule has 5 rings (SSSR count). The number of halogens is 2. The molecule has 167 valence electrons. The number of rotatable bonds is 0. The van der Waals surface area contributed by atoms with Crippen molar-refractivity contribution in [3.8, 4) is 11.1 Å². The first kappa shape index (κ1) is 26.0. The second kappa shape index (κ2) is 8.55. The van der Waals surface area contributed by atoms with Crippen molar-refractivity contribution in [1.29, 1.82) is 0 Å². The minimum Gasteiger partial charge on any atom is -1.00 e. The number of aryl methyl sites for hydroxylation is 1. The normalized spacial score (nSPS) is 27.8. The van der Waals surface area contributed by atoms with Gasteiger partial charge in [0.15, 0.2) is 0 Å². The van der Waals surface area contributed by atoms with E-state index >= 15 is 0 Å². The molecule has 2 aliphatic carbocycles. The Morgan fingerprint density at radius 3 is 2.03 bits per heavy atom. The Morgan fingerprint density at radius 1 is 0.812 bits per heavy atom. The molecule has 0 heterocycles. The Hall–Kier alpha value is -0.617. The van der Waals surface area contributed by atoms with Gasteiger partial charge in [0.2, 0.25) is 0 Å². The fourth-order valence-electron chi connectivity index (χ4n) is 6.70. The smallest absolute Gasteiger partial charge is 1.00 e. The molecule has 0 amide bonds. The van der Waals surface area contributed by atoms with Crippen molar-refractivity contribution in [2.24, 2.45) is 11.8 Å². The minimum atomic E-state index is 0. The van der Waals surface area contributed by atoms with Gasteiger partial charge in [-0.05, 0) is 0 Å². The Kier molecular flexibility index (Phi) is 6.95. The molecule has 0 aliphatic heterocycles. The van der Waals surface area contributed by atoms with Gasteiger partial charge in [0.1, 0.15) is 0 Å². The van der Waals surface area contributed by atoms with Crippen LogP contribution in [0.2, 0.25) is 0 Å². The van der Waals surface area contributed by atoms with E-state index in [0.29, 0.717) is 23.7 Å². The van der Waals surface area contributed by atoms with E-state index in [-0.39, 0.29) is 27.9 Å². The maximum absolute atomic E-state index is 2.55. The van der Waals surface area contributed by atoms with Crippen LogP contribution in [0.25, 0.3) is 21.9 Å². The Labute approximate surface area is 221 Å². The summed E-state index contributed by atoms with van der Waals surface area (Å²) in [6.07, 6.45) is 0. The Balaban J connectivity index is 0.00000144. The van der Waals surface area contributed by atoms with Gasteiger partial charge in [-0.1, -0.05) is 0 Å². The number of fused-ring (bicyclic) bond motifs is 8. The van der Waals surface area contributed by atoms with Gasteiger partial charge in [0.25, 0.3) is 0 Å². The molecule has 0 fully saturated rings. The van der Waals surface area contributed by atoms with Gasteiger partial charge in [0.05, 0.1) is 0 Å². The summed E-state index contributed by atoms with van der Waals surface area (Å²) < 4.78 is 0.260. The molecule has 0 saturated heterocycles. The van der Waals surface area contributed by atoms with E-state index in [1.165, 1.54) is 33.0 Å². The van der Waals surface area contributed by atoms with E-state index in [9.17, 15) is 0 Å². The number of hydrogen-bond donors (Lipinski definition) is 0. The molecule has 32 heavy (non-hydrogen) atoms. The predicted octanol–water partition coefficient (Wildman–Crippen LogP) is 2.06. The zero-order valence-electron chi connectivity index (χ0n) is 20.5. The molecule has 3 aromatic carbocycles. The van der Waals surface area contributed by atoms with Crippen molar-refractivity contribution < 1.29 is 49.5 Å². The Bertz CT molecular complexity index is 1220. The molecular formula is C29H33Cl2Zr. The zero-order chi connectivity index (χ0) is 21.7. The van der Waals surface area contributed by atoms with Crippen LogP contribution in [0, 0.1) is 32.6 Å². The molecular weight excluding hydrogens is 510 g/mol. The van der Waals surface area contributed by atoms with Crippen LogP contribution in [-0.2, 0) is 27.8 Å². The van der Waals surface area contributed by atoms with Gasteiger partial charge in [-0.25, -0.2) is 0 Å². The van der Waals surface area contributed by atoms with Crippen molar-refractivity contribution in [1.82, 2.24) is 0 Å². The van der Waals surface area contributed by atoms with Gasteiger partial charge in [-0.15, -0.1) is 0 Å². The van der Waals surface area contributed by atoms with E-state index in [2.05, 4.69) is 85.7 Å². The summed E-state index contributed by atoms with van der Waals surface area (Å²) in [4.78, 5) is 0. The van der Waals surface area contributed by atoms with Crippen LogP contribution in [0.5, 0.6) is 0 Å². The second-order valence-corrected chi connectivity index (χ2v) is 12.9.